The normalized spacial score (nSPS) is 17.9. The molecule has 0 unspecified atom stereocenters. The molecule has 238 valence electrons. The highest BCUT2D eigenvalue weighted by molar-refractivity contribution is 5.74. The summed E-state index contributed by atoms with van der Waals surface area (Å²) in [6.45, 7) is 13.1. The molecule has 2 fully saturated rings. The molecule has 5 rings (SSSR count). The van der Waals surface area contributed by atoms with E-state index >= 15 is 0 Å². The molecule has 1 saturated carbocycles. The summed E-state index contributed by atoms with van der Waals surface area (Å²) >= 11 is 0. The van der Waals surface area contributed by atoms with Crippen LogP contribution in [-0.4, -0.2) is 68.9 Å². The van der Waals surface area contributed by atoms with Crippen LogP contribution in [0.3, 0.4) is 0 Å². The fraction of sp³-hybridized carbons (Fsp3) is 0.500. The molecule has 3 aliphatic rings. The minimum Gasteiger partial charge on any atom is -0.493 e. The smallest absolute Gasteiger partial charge is 0.182 e. The highest BCUT2D eigenvalue weighted by atomic mass is 19.2. The van der Waals surface area contributed by atoms with E-state index in [9.17, 15) is 8.78 Å². The van der Waals surface area contributed by atoms with Crippen LogP contribution in [0.15, 0.2) is 60.6 Å². The number of benzene rings is 2. The van der Waals surface area contributed by atoms with Crippen LogP contribution in [0, 0.1) is 11.6 Å². The van der Waals surface area contributed by atoms with Gasteiger partial charge in [-0.15, -0.1) is 0 Å². The third-order valence-electron chi connectivity index (χ3n) is 8.86. The summed E-state index contributed by atoms with van der Waals surface area (Å²) in [5, 5.41) is 0. The van der Waals surface area contributed by atoms with Crippen LogP contribution in [0.1, 0.15) is 69.9 Å². The number of hydrogen-bond acceptors (Lipinski definition) is 6. The topological polar surface area (TPSA) is 37.4 Å². The molecule has 0 spiro atoms. The number of nitrogens with zero attached hydrogens (tertiary/aromatic N) is 3. The van der Waals surface area contributed by atoms with Gasteiger partial charge in [-0.2, -0.15) is 0 Å². The zero-order chi connectivity index (χ0) is 31.6. The third kappa shape index (κ3) is 7.16. The molecule has 1 aliphatic carbocycles. The van der Waals surface area contributed by atoms with Crippen LogP contribution < -0.4 is 14.4 Å². The van der Waals surface area contributed by atoms with E-state index in [-0.39, 0.29) is 11.6 Å². The van der Waals surface area contributed by atoms with Gasteiger partial charge in [0.2, 0.25) is 0 Å². The highest BCUT2D eigenvalue weighted by Crippen LogP contribution is 2.46. The maximum absolute atomic E-state index is 14.5. The van der Waals surface area contributed by atoms with Crippen molar-refractivity contribution in [2.45, 2.75) is 70.4 Å². The van der Waals surface area contributed by atoms with Gasteiger partial charge in [0.1, 0.15) is 5.60 Å². The van der Waals surface area contributed by atoms with E-state index in [1.165, 1.54) is 29.7 Å². The predicted molar refractivity (Wildman–Crippen MR) is 173 cm³/mol. The molecule has 0 bridgehead atoms. The Bertz CT molecular complexity index is 1420. The zero-order valence-electron chi connectivity index (χ0n) is 27.1. The van der Waals surface area contributed by atoms with E-state index < -0.39 is 11.6 Å². The number of rotatable bonds is 10. The summed E-state index contributed by atoms with van der Waals surface area (Å²) in [6, 6.07) is 8.70. The fourth-order valence-corrected chi connectivity index (χ4v) is 6.50. The number of likely N-dealkylation sites (tertiary alicyclic amines) is 1. The van der Waals surface area contributed by atoms with Crippen molar-refractivity contribution >= 4 is 11.3 Å². The first-order valence-electron chi connectivity index (χ1n) is 15.7. The summed E-state index contributed by atoms with van der Waals surface area (Å²) in [7, 11) is 5.47. The van der Waals surface area contributed by atoms with E-state index in [2.05, 4.69) is 52.7 Å². The van der Waals surface area contributed by atoms with Crippen molar-refractivity contribution in [2.75, 3.05) is 52.3 Å². The molecule has 8 heteroatoms. The van der Waals surface area contributed by atoms with Crippen LogP contribution in [0.2, 0.25) is 0 Å². The number of halogens is 2. The average Bonchev–Trinajstić information content (AvgIpc) is 2.95. The quantitative estimate of drug-likeness (QED) is 0.258. The number of ether oxygens (including phenoxy) is 3. The van der Waals surface area contributed by atoms with Crippen molar-refractivity contribution in [2.24, 2.45) is 0 Å². The predicted octanol–water partition coefficient (Wildman–Crippen LogP) is 7.72. The van der Waals surface area contributed by atoms with Gasteiger partial charge >= 0.3 is 0 Å². The Labute approximate surface area is 261 Å². The van der Waals surface area contributed by atoms with Gasteiger partial charge in [0.25, 0.3) is 0 Å². The van der Waals surface area contributed by atoms with E-state index in [0.29, 0.717) is 24.0 Å². The Kier molecular flexibility index (Phi) is 9.47. The second kappa shape index (κ2) is 13.1. The van der Waals surface area contributed by atoms with Crippen LogP contribution >= 0.6 is 0 Å². The molecule has 0 radical (unpaired) electrons. The molecule has 0 atom stereocenters. The van der Waals surface area contributed by atoms with Gasteiger partial charge in [0.05, 0.1) is 14.2 Å². The SMILES string of the molecule is C=C(OC(C)(C)C)N1CCC(N(CC2=CN(C)CC(c3cc(OC)c(OC)c(C4CCC4)c3)=C2)c2ccc(F)c(F)c2)CC1. The average molecular weight is 608 g/mol. The summed E-state index contributed by atoms with van der Waals surface area (Å²) < 4.78 is 46.1. The first-order valence-corrected chi connectivity index (χ1v) is 15.7. The first-order chi connectivity index (χ1) is 21.0. The van der Waals surface area contributed by atoms with Crippen LogP contribution in [0.5, 0.6) is 11.5 Å². The number of piperidine rings is 1. The third-order valence-corrected chi connectivity index (χ3v) is 8.86. The zero-order valence-corrected chi connectivity index (χ0v) is 27.1. The standard InChI is InChI=1S/C36H47F2N3O3/c1-24(44-36(2,3)4)40-15-13-29(14-16-40)41(30-11-12-32(37)33(38)20-30)22-25-17-28(23-39(5)21-25)27-18-31(26-9-8-10-26)35(43-7)34(19-27)42-6/h11-12,17-21,26,29H,1,8-10,13-16,22-23H2,2-7H3. The molecule has 2 aromatic carbocycles. The molecule has 6 nitrogen and oxygen atoms in total. The molecule has 0 aromatic heterocycles. The Morgan fingerprint density at radius 1 is 1.00 bits per heavy atom. The molecule has 2 heterocycles. The molecule has 44 heavy (non-hydrogen) atoms. The highest BCUT2D eigenvalue weighted by Gasteiger charge is 2.30. The van der Waals surface area contributed by atoms with Crippen LogP contribution in [0.4, 0.5) is 14.5 Å². The summed E-state index contributed by atoms with van der Waals surface area (Å²) in [4.78, 5) is 6.58. The number of likely N-dealkylation sites (N-methyl/N-ethyl adjacent to an activating group) is 1. The van der Waals surface area contributed by atoms with E-state index in [1.807, 2.05) is 20.8 Å². The second-order valence-electron chi connectivity index (χ2n) is 13.3. The Balaban J connectivity index is 1.42. The van der Waals surface area contributed by atoms with Crippen molar-refractivity contribution in [3.63, 3.8) is 0 Å². The van der Waals surface area contributed by atoms with E-state index in [4.69, 9.17) is 14.2 Å². The Morgan fingerprint density at radius 3 is 2.32 bits per heavy atom. The van der Waals surface area contributed by atoms with Crippen molar-refractivity contribution in [3.8, 4) is 11.5 Å². The molecule has 2 aliphatic heterocycles. The minimum atomic E-state index is -0.839. The van der Waals surface area contributed by atoms with Gasteiger partial charge in [0.15, 0.2) is 29.0 Å². The Hall–Kier alpha value is -3.68. The molecular weight excluding hydrogens is 560 g/mol. The lowest BCUT2D eigenvalue weighted by molar-refractivity contribution is -0.00289. The maximum atomic E-state index is 14.5. The molecular formula is C36H47F2N3O3. The number of hydrogen-bond donors (Lipinski definition) is 0. The number of methoxy groups -OCH3 is 2. The van der Waals surface area contributed by atoms with Crippen molar-refractivity contribution in [1.29, 1.82) is 0 Å². The van der Waals surface area contributed by atoms with E-state index in [0.717, 1.165) is 68.0 Å². The lowest BCUT2D eigenvalue weighted by Crippen LogP contribution is -2.46. The molecule has 0 amide bonds. The molecule has 0 N–H and O–H groups in total. The van der Waals surface area contributed by atoms with Gasteiger partial charge in [-0.25, -0.2) is 8.78 Å². The lowest BCUT2D eigenvalue weighted by atomic mass is 9.78. The van der Waals surface area contributed by atoms with Gasteiger partial charge < -0.3 is 28.9 Å². The Morgan fingerprint density at radius 2 is 1.73 bits per heavy atom. The van der Waals surface area contributed by atoms with Gasteiger partial charge in [-0.05, 0) is 99.9 Å². The lowest BCUT2D eigenvalue weighted by Gasteiger charge is -2.42. The number of anilines is 1. The largest absolute Gasteiger partial charge is 0.493 e. The summed E-state index contributed by atoms with van der Waals surface area (Å²) in [6.07, 6.45) is 9.62. The van der Waals surface area contributed by atoms with Crippen LogP contribution in [0.25, 0.3) is 5.57 Å². The minimum absolute atomic E-state index is 0.134. The fourth-order valence-electron chi connectivity index (χ4n) is 6.50. The summed E-state index contributed by atoms with van der Waals surface area (Å²) in [5.74, 6) is 1.06. The van der Waals surface area contributed by atoms with Crippen molar-refractivity contribution < 1.29 is 23.0 Å². The molecule has 1 saturated heterocycles. The van der Waals surface area contributed by atoms with Gasteiger partial charge in [-0.3, -0.25) is 0 Å². The van der Waals surface area contributed by atoms with Crippen molar-refractivity contribution in [1.82, 2.24) is 9.80 Å². The monoisotopic (exact) mass is 607 g/mol. The van der Waals surface area contributed by atoms with E-state index in [1.54, 1.807) is 20.3 Å². The van der Waals surface area contributed by atoms with Crippen LogP contribution in [-0.2, 0) is 4.74 Å². The first kappa shape index (κ1) is 31.7. The van der Waals surface area contributed by atoms with Gasteiger partial charge in [0, 0.05) is 62.8 Å². The van der Waals surface area contributed by atoms with Crippen molar-refractivity contribution in [3.05, 3.63) is 83.4 Å². The molecule has 2 aromatic rings. The van der Waals surface area contributed by atoms with Gasteiger partial charge in [-0.1, -0.05) is 12.5 Å². The second-order valence-corrected chi connectivity index (χ2v) is 13.3. The summed E-state index contributed by atoms with van der Waals surface area (Å²) in [5.41, 5.74) is 4.96. The maximum Gasteiger partial charge on any atom is 0.182 e.